The normalized spacial score (nSPS) is 11.0. The van der Waals surface area contributed by atoms with Crippen LogP contribution in [-0.4, -0.2) is 11.7 Å². The van der Waals surface area contributed by atoms with Crippen molar-refractivity contribution < 1.29 is 9.13 Å². The molecule has 0 saturated heterocycles. The minimum Gasteiger partial charge on any atom is -0.494 e. The maximum Gasteiger partial charge on any atom is 0.149 e. The maximum absolute atomic E-state index is 13.7. The van der Waals surface area contributed by atoms with E-state index in [1.807, 2.05) is 20.0 Å². The van der Waals surface area contributed by atoms with Crippen LogP contribution < -0.4 is 4.74 Å². The molecule has 4 heteroatoms. The van der Waals surface area contributed by atoms with E-state index in [1.165, 1.54) is 13.2 Å². The lowest BCUT2D eigenvalue weighted by molar-refractivity contribution is 0.419. The third-order valence-corrected chi connectivity index (χ3v) is 2.90. The quantitative estimate of drug-likeness (QED) is 0.729. The number of aryl methyl sites for hydroxylation is 2. The second-order valence-corrected chi connectivity index (χ2v) is 3.89. The molecule has 0 aliphatic rings. The van der Waals surface area contributed by atoms with E-state index in [4.69, 9.17) is 16.3 Å². The molecule has 0 atom stereocenters. The van der Waals surface area contributed by atoms with Crippen LogP contribution in [-0.2, 0) is 7.05 Å². The Morgan fingerprint density at radius 3 is 2.67 bits per heavy atom. The molecule has 0 bridgehead atoms. The van der Waals surface area contributed by atoms with Gasteiger partial charge in [-0.25, -0.2) is 4.39 Å². The number of methoxy groups -OCH3 is 1. The summed E-state index contributed by atoms with van der Waals surface area (Å²) in [7, 11) is 3.34. The molecule has 0 spiro atoms. The summed E-state index contributed by atoms with van der Waals surface area (Å²) in [6, 6.07) is 3.14. The SMILES string of the molecule is COc1c(Cl)cc(F)c2c1cc(C)n2C. The van der Waals surface area contributed by atoms with Gasteiger partial charge in [0.15, 0.2) is 0 Å². The van der Waals surface area contributed by atoms with Crippen molar-refractivity contribution in [1.29, 1.82) is 0 Å². The molecule has 2 aromatic rings. The number of hydrogen-bond acceptors (Lipinski definition) is 1. The third kappa shape index (κ3) is 1.38. The molecule has 0 aliphatic carbocycles. The van der Waals surface area contributed by atoms with Crippen LogP contribution in [0.5, 0.6) is 5.75 Å². The van der Waals surface area contributed by atoms with Crippen molar-refractivity contribution in [2.75, 3.05) is 7.11 Å². The number of aromatic nitrogens is 1. The summed E-state index contributed by atoms with van der Waals surface area (Å²) in [4.78, 5) is 0. The first-order valence-electron chi connectivity index (χ1n) is 4.54. The predicted octanol–water partition coefficient (Wildman–Crippen LogP) is 3.29. The van der Waals surface area contributed by atoms with Crippen molar-refractivity contribution in [3.8, 4) is 5.75 Å². The van der Waals surface area contributed by atoms with Gasteiger partial charge in [0.2, 0.25) is 0 Å². The maximum atomic E-state index is 13.7. The highest BCUT2D eigenvalue weighted by atomic mass is 35.5. The van der Waals surface area contributed by atoms with Gasteiger partial charge in [-0.15, -0.1) is 0 Å². The Hall–Kier alpha value is -1.22. The van der Waals surface area contributed by atoms with Gasteiger partial charge in [-0.3, -0.25) is 0 Å². The molecule has 1 heterocycles. The summed E-state index contributed by atoms with van der Waals surface area (Å²) in [5.74, 6) is 0.197. The van der Waals surface area contributed by atoms with E-state index < -0.39 is 0 Å². The molecule has 0 N–H and O–H groups in total. The first-order chi connectivity index (χ1) is 7.06. The summed E-state index contributed by atoms with van der Waals surface area (Å²) in [5.41, 5.74) is 1.48. The van der Waals surface area contributed by atoms with E-state index in [9.17, 15) is 4.39 Å². The van der Waals surface area contributed by atoms with Gasteiger partial charge in [0.05, 0.1) is 17.6 Å². The van der Waals surface area contributed by atoms with Gasteiger partial charge in [0.1, 0.15) is 11.6 Å². The second-order valence-electron chi connectivity index (χ2n) is 3.48. The monoisotopic (exact) mass is 227 g/mol. The van der Waals surface area contributed by atoms with E-state index in [0.717, 1.165) is 5.69 Å². The van der Waals surface area contributed by atoms with Crippen LogP contribution in [0.1, 0.15) is 5.69 Å². The molecule has 2 nitrogen and oxygen atoms in total. The minimum atomic E-state index is -0.327. The van der Waals surface area contributed by atoms with Crippen LogP contribution in [0.2, 0.25) is 5.02 Å². The minimum absolute atomic E-state index is 0.299. The lowest BCUT2D eigenvalue weighted by Crippen LogP contribution is -1.94. The van der Waals surface area contributed by atoms with Crippen molar-refractivity contribution in [2.45, 2.75) is 6.92 Å². The number of fused-ring (bicyclic) bond motifs is 1. The molecule has 1 aromatic heterocycles. The Kier molecular flexibility index (Phi) is 2.35. The Morgan fingerprint density at radius 1 is 1.40 bits per heavy atom. The van der Waals surface area contributed by atoms with Crippen LogP contribution in [0.4, 0.5) is 4.39 Å². The molecule has 0 amide bonds. The van der Waals surface area contributed by atoms with E-state index >= 15 is 0 Å². The number of hydrogen-bond donors (Lipinski definition) is 0. The molecule has 0 radical (unpaired) electrons. The van der Waals surface area contributed by atoms with Crippen molar-refractivity contribution in [3.05, 3.63) is 28.7 Å². The van der Waals surface area contributed by atoms with Gasteiger partial charge in [-0.2, -0.15) is 0 Å². The lowest BCUT2D eigenvalue weighted by Gasteiger charge is -2.06. The number of nitrogens with zero attached hydrogens (tertiary/aromatic N) is 1. The van der Waals surface area contributed by atoms with Gasteiger partial charge in [0.25, 0.3) is 0 Å². The summed E-state index contributed by atoms with van der Waals surface area (Å²) >= 11 is 5.90. The molecule has 0 saturated carbocycles. The number of benzene rings is 1. The largest absolute Gasteiger partial charge is 0.494 e. The van der Waals surface area contributed by atoms with Crippen molar-refractivity contribution >= 4 is 22.5 Å². The average molecular weight is 228 g/mol. The van der Waals surface area contributed by atoms with Crippen molar-refractivity contribution in [3.63, 3.8) is 0 Å². The highest BCUT2D eigenvalue weighted by molar-refractivity contribution is 6.33. The predicted molar refractivity (Wildman–Crippen MR) is 59.2 cm³/mol. The highest BCUT2D eigenvalue weighted by Gasteiger charge is 2.15. The van der Waals surface area contributed by atoms with Crippen LogP contribution in [0, 0.1) is 12.7 Å². The third-order valence-electron chi connectivity index (χ3n) is 2.62. The van der Waals surface area contributed by atoms with Gasteiger partial charge in [-0.1, -0.05) is 11.6 Å². The zero-order chi connectivity index (χ0) is 11.2. The van der Waals surface area contributed by atoms with Crippen LogP contribution in [0.15, 0.2) is 12.1 Å². The number of ether oxygens (including phenoxy) is 1. The Morgan fingerprint density at radius 2 is 2.07 bits per heavy atom. The average Bonchev–Trinajstić information content (AvgIpc) is 2.44. The van der Waals surface area contributed by atoms with E-state index in [-0.39, 0.29) is 5.82 Å². The molecule has 0 fully saturated rings. The van der Waals surface area contributed by atoms with E-state index in [1.54, 1.807) is 4.57 Å². The fourth-order valence-corrected chi connectivity index (χ4v) is 2.05. The smallest absolute Gasteiger partial charge is 0.149 e. The van der Waals surface area contributed by atoms with Gasteiger partial charge < -0.3 is 9.30 Å². The number of rotatable bonds is 1. The first kappa shape index (κ1) is 10.3. The molecule has 0 unspecified atom stereocenters. The van der Waals surface area contributed by atoms with Crippen LogP contribution >= 0.6 is 11.6 Å². The Bertz CT molecular complexity index is 533. The molecular weight excluding hydrogens is 217 g/mol. The lowest BCUT2D eigenvalue weighted by atomic mass is 10.2. The summed E-state index contributed by atoms with van der Waals surface area (Å²) in [6.45, 7) is 1.91. The zero-order valence-corrected chi connectivity index (χ0v) is 9.52. The van der Waals surface area contributed by atoms with Crippen molar-refractivity contribution in [2.24, 2.45) is 7.05 Å². The fourth-order valence-electron chi connectivity index (χ4n) is 1.77. The first-order valence-corrected chi connectivity index (χ1v) is 4.92. The van der Waals surface area contributed by atoms with Gasteiger partial charge in [-0.05, 0) is 19.1 Å². The molecule has 15 heavy (non-hydrogen) atoms. The number of halogens is 2. The standard InChI is InChI=1S/C11H11ClFNO/c1-6-4-7-10(14(6)2)9(13)5-8(12)11(7)15-3/h4-5H,1-3H3. The molecular formula is C11H11ClFNO. The molecule has 1 aromatic carbocycles. The molecule has 0 aliphatic heterocycles. The van der Waals surface area contributed by atoms with Gasteiger partial charge in [0, 0.05) is 18.1 Å². The van der Waals surface area contributed by atoms with Crippen LogP contribution in [0.25, 0.3) is 10.9 Å². The Balaban J connectivity index is 2.96. The van der Waals surface area contributed by atoms with Crippen molar-refractivity contribution in [1.82, 2.24) is 4.57 Å². The second kappa shape index (κ2) is 3.42. The summed E-state index contributed by atoms with van der Waals surface area (Å²) < 4.78 is 20.6. The topological polar surface area (TPSA) is 14.2 Å². The van der Waals surface area contributed by atoms with Gasteiger partial charge >= 0.3 is 0 Å². The van der Waals surface area contributed by atoms with Crippen LogP contribution in [0.3, 0.4) is 0 Å². The van der Waals surface area contributed by atoms with E-state index in [0.29, 0.717) is 21.7 Å². The summed E-state index contributed by atoms with van der Waals surface area (Å²) in [5, 5.41) is 1.01. The van der Waals surface area contributed by atoms with E-state index in [2.05, 4.69) is 0 Å². The molecule has 2 rings (SSSR count). The highest BCUT2D eigenvalue weighted by Crippen LogP contribution is 2.36. The molecule has 80 valence electrons. The Labute approximate surface area is 92.2 Å². The zero-order valence-electron chi connectivity index (χ0n) is 8.77. The summed E-state index contributed by atoms with van der Waals surface area (Å²) in [6.07, 6.45) is 0. The fraction of sp³-hybridized carbons (Fsp3) is 0.273.